The van der Waals surface area contributed by atoms with Crippen LogP contribution in [0.2, 0.25) is 0 Å². The maximum Gasteiger partial charge on any atom is 0.433 e. The van der Waals surface area contributed by atoms with E-state index >= 15 is 0 Å². The van der Waals surface area contributed by atoms with Gasteiger partial charge in [-0.2, -0.15) is 18.3 Å². The SMILES string of the molecule is CC(C)(C)[S+]([O-])N[C@@](O)(c1cccc(-c2ccc3cnn(-c4cccc(C(F)(F)F)n4)c3c2)n1)C1CC(O)C1. The number of aliphatic hydroxyl groups is 2. The molecule has 3 N–H and O–H groups in total. The summed E-state index contributed by atoms with van der Waals surface area (Å²) >= 11 is -1.62. The van der Waals surface area contributed by atoms with Gasteiger partial charge < -0.3 is 14.8 Å². The third kappa shape index (κ3) is 5.39. The van der Waals surface area contributed by atoms with Crippen LogP contribution in [-0.2, 0) is 23.3 Å². The number of hydrogen-bond donors (Lipinski definition) is 3. The number of rotatable bonds is 6. The monoisotopic (exact) mass is 559 g/mol. The summed E-state index contributed by atoms with van der Waals surface area (Å²) in [5.74, 6) is -0.386. The number of nitrogens with one attached hydrogen (secondary N) is 1. The normalized spacial score (nSPS) is 20.4. The zero-order valence-corrected chi connectivity index (χ0v) is 22.3. The Bertz CT molecular complexity index is 1500. The van der Waals surface area contributed by atoms with Crippen LogP contribution in [-0.4, -0.2) is 45.4 Å². The van der Waals surface area contributed by atoms with Gasteiger partial charge in [0.1, 0.15) is 10.4 Å². The molecule has 12 heteroatoms. The molecule has 3 heterocycles. The fourth-order valence-corrected chi connectivity index (χ4v) is 5.30. The second kappa shape index (κ2) is 9.86. The van der Waals surface area contributed by atoms with Gasteiger partial charge in [0.15, 0.2) is 5.82 Å². The summed E-state index contributed by atoms with van der Waals surface area (Å²) < 4.78 is 56.2. The van der Waals surface area contributed by atoms with Gasteiger partial charge in [-0.15, -0.1) is 4.72 Å². The zero-order valence-electron chi connectivity index (χ0n) is 21.5. The van der Waals surface area contributed by atoms with Crippen LogP contribution < -0.4 is 4.72 Å². The van der Waals surface area contributed by atoms with Crippen LogP contribution in [0.5, 0.6) is 0 Å². The van der Waals surface area contributed by atoms with Gasteiger partial charge in [0, 0.05) is 28.2 Å². The maximum atomic E-state index is 13.2. The lowest BCUT2D eigenvalue weighted by molar-refractivity contribution is -0.141. The van der Waals surface area contributed by atoms with E-state index in [0.717, 1.165) is 6.07 Å². The highest BCUT2D eigenvalue weighted by molar-refractivity contribution is 7.90. The quantitative estimate of drug-likeness (QED) is 0.236. The molecule has 1 fully saturated rings. The summed E-state index contributed by atoms with van der Waals surface area (Å²) in [5.41, 5.74) is -0.874. The third-order valence-corrected chi connectivity index (χ3v) is 8.37. The van der Waals surface area contributed by atoms with E-state index in [4.69, 9.17) is 4.98 Å². The van der Waals surface area contributed by atoms with E-state index in [0.29, 0.717) is 35.0 Å². The summed E-state index contributed by atoms with van der Waals surface area (Å²) in [6.45, 7) is 5.36. The van der Waals surface area contributed by atoms with Crippen LogP contribution in [0.25, 0.3) is 28.0 Å². The second-order valence-corrected chi connectivity index (χ2v) is 12.7. The maximum absolute atomic E-state index is 13.2. The Hall–Kier alpha value is -3.03. The van der Waals surface area contributed by atoms with Crippen molar-refractivity contribution in [3.05, 3.63) is 72.2 Å². The summed E-state index contributed by atoms with van der Waals surface area (Å²) in [7, 11) is 0. The first-order chi connectivity index (χ1) is 18.3. The number of pyridine rings is 2. The largest absolute Gasteiger partial charge is 0.598 e. The van der Waals surface area contributed by atoms with E-state index < -0.39 is 45.7 Å². The predicted octanol–water partition coefficient (Wildman–Crippen LogP) is 4.47. The van der Waals surface area contributed by atoms with Crippen molar-refractivity contribution in [2.75, 3.05) is 0 Å². The third-order valence-electron chi connectivity index (χ3n) is 6.76. The summed E-state index contributed by atoms with van der Waals surface area (Å²) in [5, 5.41) is 26.6. The number of halogens is 3. The first-order valence-corrected chi connectivity index (χ1v) is 13.5. The Balaban J connectivity index is 1.54. The van der Waals surface area contributed by atoms with E-state index in [1.54, 1.807) is 57.2 Å². The number of benzene rings is 1. The van der Waals surface area contributed by atoms with Crippen LogP contribution in [0.4, 0.5) is 13.2 Å². The van der Waals surface area contributed by atoms with E-state index in [1.807, 2.05) is 0 Å². The van der Waals surface area contributed by atoms with Crippen LogP contribution in [0.15, 0.2) is 60.8 Å². The Morgan fingerprint density at radius 3 is 2.36 bits per heavy atom. The summed E-state index contributed by atoms with van der Waals surface area (Å²) in [6.07, 6.45) is -2.96. The van der Waals surface area contributed by atoms with Crippen molar-refractivity contribution in [3.63, 3.8) is 0 Å². The lowest BCUT2D eigenvalue weighted by Gasteiger charge is -2.44. The molecule has 1 aliphatic rings. The van der Waals surface area contributed by atoms with Crippen molar-refractivity contribution in [2.45, 2.75) is 56.4 Å². The van der Waals surface area contributed by atoms with Gasteiger partial charge in [0.2, 0.25) is 5.72 Å². The smallest absolute Gasteiger partial charge is 0.433 e. The predicted molar refractivity (Wildman–Crippen MR) is 141 cm³/mol. The molecule has 1 saturated carbocycles. The van der Waals surface area contributed by atoms with Gasteiger partial charge in [-0.1, -0.05) is 24.3 Å². The molecular formula is C27H28F3N5O3S. The molecule has 0 bridgehead atoms. The molecule has 0 amide bonds. The van der Waals surface area contributed by atoms with Gasteiger partial charge in [-0.05, 0) is 63.9 Å². The minimum atomic E-state index is -4.59. The molecule has 0 spiro atoms. The van der Waals surface area contributed by atoms with Crippen molar-refractivity contribution >= 4 is 22.3 Å². The van der Waals surface area contributed by atoms with Gasteiger partial charge in [-0.3, -0.25) is 0 Å². The molecular weight excluding hydrogens is 531 g/mol. The number of alkyl halides is 3. The zero-order chi connectivity index (χ0) is 28.2. The molecule has 1 aliphatic carbocycles. The Morgan fingerprint density at radius 2 is 1.69 bits per heavy atom. The average Bonchev–Trinajstić information content (AvgIpc) is 3.29. The van der Waals surface area contributed by atoms with E-state index in [9.17, 15) is 27.9 Å². The van der Waals surface area contributed by atoms with Crippen molar-refractivity contribution in [2.24, 2.45) is 5.92 Å². The highest BCUT2D eigenvalue weighted by atomic mass is 32.2. The standard InChI is InChI=1S/C27H28F3N5O3S/c1-25(2,3)39(38)34-26(37,18-13-19(36)14-18)22-7-4-6-20(32-22)16-10-11-17-15-31-35(21(17)12-16)24-9-5-8-23(33-24)27(28,29)30/h4-12,15,18-19,34,36-37H,13-14H2,1-3H3/t18?,19?,26-,39?/m0/s1. The summed E-state index contributed by atoms with van der Waals surface area (Å²) in [6, 6.07) is 14.0. The average molecular weight is 560 g/mol. The molecule has 0 radical (unpaired) electrons. The number of aromatic nitrogens is 4. The molecule has 0 aliphatic heterocycles. The van der Waals surface area contributed by atoms with E-state index in [2.05, 4.69) is 14.8 Å². The Morgan fingerprint density at radius 1 is 1.00 bits per heavy atom. The van der Waals surface area contributed by atoms with Crippen LogP contribution in [0, 0.1) is 5.92 Å². The molecule has 1 aromatic carbocycles. The molecule has 206 valence electrons. The minimum Gasteiger partial charge on any atom is -0.598 e. The van der Waals surface area contributed by atoms with Gasteiger partial charge >= 0.3 is 6.18 Å². The molecule has 39 heavy (non-hydrogen) atoms. The minimum absolute atomic E-state index is 0.0189. The molecule has 2 atom stereocenters. The molecule has 0 saturated heterocycles. The highest BCUT2D eigenvalue weighted by Crippen LogP contribution is 2.42. The van der Waals surface area contributed by atoms with E-state index in [-0.39, 0.29) is 11.5 Å². The summed E-state index contributed by atoms with van der Waals surface area (Å²) in [4.78, 5) is 8.44. The number of fused-ring (bicyclic) bond motifs is 1. The van der Waals surface area contributed by atoms with E-state index in [1.165, 1.54) is 23.0 Å². The molecule has 8 nitrogen and oxygen atoms in total. The van der Waals surface area contributed by atoms with Gasteiger partial charge in [-0.25, -0.2) is 14.6 Å². The second-order valence-electron chi connectivity index (χ2n) is 10.7. The van der Waals surface area contributed by atoms with Gasteiger partial charge in [0.05, 0.1) is 29.2 Å². The van der Waals surface area contributed by atoms with Crippen LogP contribution in [0.3, 0.4) is 0 Å². The lowest BCUT2D eigenvalue weighted by Crippen LogP contribution is -2.59. The van der Waals surface area contributed by atoms with Crippen molar-refractivity contribution in [3.8, 4) is 17.1 Å². The topological polar surface area (TPSA) is 119 Å². The molecule has 4 aromatic rings. The van der Waals surface area contributed by atoms with Crippen LogP contribution in [0.1, 0.15) is 45.0 Å². The van der Waals surface area contributed by atoms with Crippen molar-refractivity contribution < 1.29 is 27.9 Å². The Kier molecular flexibility index (Phi) is 6.96. The van der Waals surface area contributed by atoms with Crippen LogP contribution >= 0.6 is 0 Å². The first kappa shape index (κ1) is 27.5. The first-order valence-electron chi connectivity index (χ1n) is 12.4. The highest BCUT2D eigenvalue weighted by Gasteiger charge is 2.51. The Labute approximate surface area is 226 Å². The molecule has 3 aromatic heterocycles. The number of hydrogen-bond acceptors (Lipinski definition) is 7. The lowest BCUT2D eigenvalue weighted by atomic mass is 9.74. The molecule has 5 rings (SSSR count). The number of nitrogens with zero attached hydrogens (tertiary/aromatic N) is 4. The van der Waals surface area contributed by atoms with Crippen molar-refractivity contribution in [1.29, 1.82) is 0 Å². The fourth-order valence-electron chi connectivity index (χ4n) is 4.44. The molecule has 1 unspecified atom stereocenters. The number of aliphatic hydroxyl groups excluding tert-OH is 1. The fraction of sp³-hybridized carbons (Fsp3) is 0.370. The van der Waals surface area contributed by atoms with Gasteiger partial charge in [0.25, 0.3) is 0 Å². The van der Waals surface area contributed by atoms with Crippen molar-refractivity contribution in [1.82, 2.24) is 24.5 Å².